The van der Waals surface area contributed by atoms with E-state index in [-0.39, 0.29) is 17.5 Å². The van der Waals surface area contributed by atoms with Crippen LogP contribution in [0.15, 0.2) is 42.5 Å². The van der Waals surface area contributed by atoms with Gasteiger partial charge in [0.2, 0.25) is 0 Å². The van der Waals surface area contributed by atoms with Crippen LogP contribution >= 0.6 is 23.2 Å². The molecule has 57 heavy (non-hydrogen) atoms. The lowest BCUT2D eigenvalue weighted by molar-refractivity contribution is 0.0361. The van der Waals surface area contributed by atoms with Crippen LogP contribution in [-0.2, 0) is 24.8 Å². The minimum atomic E-state index is -1.02. The maximum Gasteiger partial charge on any atom is 0.335 e. The Balaban J connectivity index is 1.23. The van der Waals surface area contributed by atoms with Gasteiger partial charge in [0.25, 0.3) is 5.91 Å². The van der Waals surface area contributed by atoms with Crippen LogP contribution < -0.4 is 9.64 Å². The summed E-state index contributed by atoms with van der Waals surface area (Å²) in [5, 5.41) is 22.7. The number of aryl methyl sites for hydroxylation is 5. The Morgan fingerprint density at radius 3 is 2.37 bits per heavy atom. The predicted molar refractivity (Wildman–Crippen MR) is 224 cm³/mol. The number of fused-ring (bicyclic) bond motifs is 4. The summed E-state index contributed by atoms with van der Waals surface area (Å²) >= 11 is 13.6. The highest BCUT2D eigenvalue weighted by atomic mass is 35.5. The van der Waals surface area contributed by atoms with Gasteiger partial charge in [0, 0.05) is 71.9 Å². The Morgan fingerprint density at radius 2 is 1.68 bits per heavy atom. The first-order chi connectivity index (χ1) is 27.3. The second-order valence-corrected chi connectivity index (χ2v) is 16.1. The number of carboxylic acids is 1. The van der Waals surface area contributed by atoms with Gasteiger partial charge in [0.15, 0.2) is 5.82 Å². The van der Waals surface area contributed by atoms with Gasteiger partial charge in [-0.1, -0.05) is 29.3 Å². The molecule has 6 aromatic rings. The van der Waals surface area contributed by atoms with Gasteiger partial charge in [-0.25, -0.2) is 4.79 Å². The summed E-state index contributed by atoms with van der Waals surface area (Å²) < 4.78 is 17.7. The normalized spacial score (nSPS) is 16.2. The minimum Gasteiger partial charge on any atom is -0.494 e. The van der Waals surface area contributed by atoms with Crippen molar-refractivity contribution in [2.24, 2.45) is 7.05 Å². The number of carboxylic acid groups (broad SMARTS) is 1. The lowest BCUT2D eigenvalue weighted by atomic mass is 9.98. The zero-order chi connectivity index (χ0) is 40.3. The smallest absolute Gasteiger partial charge is 0.335 e. The fraction of sp³-hybridized carbons (Fsp3) is 0.395. The van der Waals surface area contributed by atoms with Crippen LogP contribution in [-0.4, -0.2) is 92.0 Å². The van der Waals surface area contributed by atoms with E-state index in [1.165, 1.54) is 0 Å². The third-order valence-electron chi connectivity index (χ3n) is 11.5. The number of halogens is 2. The van der Waals surface area contributed by atoms with Gasteiger partial charge >= 0.3 is 5.97 Å². The van der Waals surface area contributed by atoms with Crippen molar-refractivity contribution in [1.82, 2.24) is 29.0 Å². The number of hydrogen-bond donors (Lipinski definition) is 1. The summed E-state index contributed by atoms with van der Waals surface area (Å²) in [5.74, 6) is 0.0769. The number of morpholine rings is 1. The van der Waals surface area contributed by atoms with Crippen molar-refractivity contribution in [1.29, 1.82) is 0 Å². The summed E-state index contributed by atoms with van der Waals surface area (Å²) in [7, 11) is 1.93. The molecular weight excluding hydrogens is 765 g/mol. The highest BCUT2D eigenvalue weighted by Gasteiger charge is 2.38. The van der Waals surface area contributed by atoms with E-state index in [9.17, 15) is 9.90 Å². The Kier molecular flexibility index (Phi) is 10.6. The highest BCUT2D eigenvalue weighted by Crippen LogP contribution is 2.45. The van der Waals surface area contributed by atoms with Crippen molar-refractivity contribution < 1.29 is 24.2 Å². The van der Waals surface area contributed by atoms with Crippen molar-refractivity contribution in [3.05, 3.63) is 91.8 Å². The maximum atomic E-state index is 15.3. The molecule has 14 heteroatoms. The molecule has 0 spiro atoms. The Bertz CT molecular complexity index is 2540. The second-order valence-electron chi connectivity index (χ2n) is 15.3. The zero-order valence-corrected chi connectivity index (χ0v) is 34.7. The lowest BCUT2D eigenvalue weighted by Crippen LogP contribution is -2.43. The first-order valence-electron chi connectivity index (χ1n) is 19.4. The number of anilines is 1. The molecule has 0 radical (unpaired) electrons. The van der Waals surface area contributed by atoms with Crippen LogP contribution in [0.25, 0.3) is 32.9 Å². The number of ether oxygens (including phenoxy) is 2. The fourth-order valence-corrected chi connectivity index (χ4v) is 8.99. The molecule has 3 aromatic heterocycles. The van der Waals surface area contributed by atoms with Gasteiger partial charge in [-0.05, 0) is 101 Å². The molecule has 2 aliphatic rings. The van der Waals surface area contributed by atoms with E-state index in [0.717, 1.165) is 79.4 Å². The van der Waals surface area contributed by atoms with Crippen molar-refractivity contribution >= 4 is 62.7 Å². The summed E-state index contributed by atoms with van der Waals surface area (Å²) in [5.41, 5.74) is 8.82. The van der Waals surface area contributed by atoms with E-state index in [1.807, 2.05) is 68.4 Å². The molecular formula is C43H47Cl2N7O5. The molecule has 1 N–H and O–H groups in total. The third kappa shape index (κ3) is 6.96. The summed E-state index contributed by atoms with van der Waals surface area (Å²) in [6.45, 7) is 15.1. The largest absolute Gasteiger partial charge is 0.494 e. The number of nitrogens with zero attached hydrogens (tertiary/aromatic N) is 7. The third-order valence-corrected chi connectivity index (χ3v) is 12.4. The molecule has 1 saturated heterocycles. The number of carbonyl (C=O) groups excluding carboxylic acids is 1. The van der Waals surface area contributed by atoms with Crippen molar-refractivity contribution in [2.45, 2.75) is 60.0 Å². The highest BCUT2D eigenvalue weighted by molar-refractivity contribution is 6.35. The lowest BCUT2D eigenvalue weighted by Gasteiger charge is -2.33. The SMILES string of the molecule is Cc1cc(OCCCc2c3n(c4c(-c5c(C)nn(C)c5C)c(Cl)ccc24)C(C)CN(c2nn(CCN4CCOCC4)c4cc(C(=O)O)ccc24)C3=O)cc(C)c1Cl. The number of benzene rings is 3. The minimum absolute atomic E-state index is 0.166. The molecule has 12 nitrogen and oxygen atoms in total. The first kappa shape index (κ1) is 39.0. The van der Waals surface area contributed by atoms with Gasteiger partial charge in [0.05, 0.1) is 53.7 Å². The van der Waals surface area contributed by atoms with Crippen LogP contribution in [0, 0.1) is 27.7 Å². The number of aromatic nitrogens is 5. The van der Waals surface area contributed by atoms with E-state index in [4.69, 9.17) is 42.9 Å². The topological polar surface area (TPSA) is 120 Å². The molecule has 2 aliphatic heterocycles. The van der Waals surface area contributed by atoms with Crippen LogP contribution in [0.3, 0.4) is 0 Å². The Hall–Kier alpha value is -4.88. The summed E-state index contributed by atoms with van der Waals surface area (Å²) in [4.78, 5) is 31.5. The molecule has 0 aliphatic carbocycles. The maximum absolute atomic E-state index is 15.3. The molecule has 1 fully saturated rings. The fourth-order valence-electron chi connectivity index (χ4n) is 8.63. The number of amides is 1. The van der Waals surface area contributed by atoms with E-state index < -0.39 is 5.97 Å². The molecule has 5 heterocycles. The number of rotatable bonds is 11. The predicted octanol–water partition coefficient (Wildman–Crippen LogP) is 8.20. The van der Waals surface area contributed by atoms with Crippen LogP contribution in [0.1, 0.15) is 68.3 Å². The van der Waals surface area contributed by atoms with Crippen molar-refractivity contribution in [2.75, 3.05) is 50.9 Å². The van der Waals surface area contributed by atoms with Gasteiger partial charge in [-0.15, -0.1) is 0 Å². The molecule has 1 atom stereocenters. The molecule has 0 bridgehead atoms. The molecule has 8 rings (SSSR count). The molecule has 1 unspecified atom stereocenters. The monoisotopic (exact) mass is 811 g/mol. The number of carbonyl (C=O) groups is 2. The number of hydrogen-bond acceptors (Lipinski definition) is 7. The summed E-state index contributed by atoms with van der Waals surface area (Å²) in [6.07, 6.45) is 1.22. The van der Waals surface area contributed by atoms with Crippen molar-refractivity contribution in [3.8, 4) is 16.9 Å². The molecule has 0 saturated carbocycles. The van der Waals surface area contributed by atoms with Gasteiger partial charge in [0.1, 0.15) is 11.4 Å². The average molecular weight is 813 g/mol. The second kappa shape index (κ2) is 15.5. The van der Waals surface area contributed by atoms with E-state index >= 15 is 4.79 Å². The summed E-state index contributed by atoms with van der Waals surface area (Å²) in [6, 6.07) is 12.7. The van der Waals surface area contributed by atoms with Gasteiger partial charge in [-0.3, -0.25) is 24.0 Å². The van der Waals surface area contributed by atoms with E-state index in [1.54, 1.807) is 23.1 Å². The van der Waals surface area contributed by atoms with Crippen LogP contribution in [0.5, 0.6) is 5.75 Å². The standard InChI is InChI=1S/C43H47Cl2N7O5/c1-24-20-30(21-25(2)38(24)45)57-17-7-8-31-32-11-12-34(44)37(36-27(4)46-48(6)28(36)5)39(32)52-26(3)23-50(42(53)40(31)52)41-33-10-9-29(43(54)55)22-35(33)51(47-41)14-13-49-15-18-56-19-16-49/h9-12,20-22,26H,7-8,13-19,23H2,1-6H3,(H,54,55). The Morgan fingerprint density at radius 1 is 0.965 bits per heavy atom. The molecule has 3 aromatic carbocycles. The van der Waals surface area contributed by atoms with Crippen LogP contribution in [0.2, 0.25) is 10.0 Å². The quantitative estimate of drug-likeness (QED) is 0.130. The van der Waals surface area contributed by atoms with E-state index in [0.29, 0.717) is 74.3 Å². The number of aromatic carboxylic acids is 1. The van der Waals surface area contributed by atoms with Crippen LogP contribution in [0.4, 0.5) is 5.82 Å². The van der Waals surface area contributed by atoms with Gasteiger partial charge < -0.3 is 19.1 Å². The van der Waals surface area contributed by atoms with E-state index in [2.05, 4.69) is 16.4 Å². The molecule has 298 valence electrons. The van der Waals surface area contributed by atoms with Gasteiger partial charge in [-0.2, -0.15) is 10.2 Å². The first-order valence-corrected chi connectivity index (χ1v) is 20.2. The zero-order valence-electron chi connectivity index (χ0n) is 33.2. The van der Waals surface area contributed by atoms with Crippen molar-refractivity contribution in [3.63, 3.8) is 0 Å². The average Bonchev–Trinajstić information content (AvgIpc) is 3.81. The molecule has 1 amide bonds. The Labute approximate surface area is 341 Å².